The van der Waals surface area contributed by atoms with Crippen LogP contribution in [0.1, 0.15) is 18.1 Å². The first-order valence-electron chi connectivity index (χ1n) is 8.37. The molecule has 138 valence electrons. The van der Waals surface area contributed by atoms with Crippen LogP contribution in [-0.4, -0.2) is 36.9 Å². The zero-order valence-electron chi connectivity index (χ0n) is 15.0. The average molecular weight is 375 g/mol. The fourth-order valence-corrected chi connectivity index (χ4v) is 2.69. The van der Waals surface area contributed by atoms with E-state index in [0.717, 1.165) is 16.9 Å². The fraction of sp³-hybridized carbons (Fsp3) is 0.300. The molecule has 0 fully saturated rings. The van der Waals surface area contributed by atoms with E-state index in [9.17, 15) is 9.59 Å². The number of rotatable bonds is 8. The van der Waals surface area contributed by atoms with Crippen molar-refractivity contribution in [3.63, 3.8) is 0 Å². The molecule has 5 nitrogen and oxygen atoms in total. The third kappa shape index (κ3) is 6.41. The van der Waals surface area contributed by atoms with E-state index in [-0.39, 0.29) is 18.4 Å². The van der Waals surface area contributed by atoms with Gasteiger partial charge in [-0.2, -0.15) is 0 Å². The Morgan fingerprint density at radius 1 is 1.12 bits per heavy atom. The molecule has 2 aromatic carbocycles. The van der Waals surface area contributed by atoms with E-state index < -0.39 is 0 Å². The molecule has 0 saturated carbocycles. The number of benzene rings is 2. The maximum absolute atomic E-state index is 12.2. The van der Waals surface area contributed by atoms with Crippen molar-refractivity contribution < 1.29 is 14.3 Å². The number of nitrogens with one attached hydrogen (secondary N) is 1. The molecule has 0 bridgehead atoms. The number of carbonyl (C=O) groups is 2. The first kappa shape index (κ1) is 19.8. The molecule has 0 radical (unpaired) electrons. The van der Waals surface area contributed by atoms with Crippen LogP contribution in [-0.2, 0) is 22.6 Å². The van der Waals surface area contributed by atoms with E-state index in [1.165, 1.54) is 11.8 Å². The summed E-state index contributed by atoms with van der Waals surface area (Å²) in [5.41, 5.74) is 2.00. The Hall–Kier alpha value is -2.53. The third-order valence-corrected chi connectivity index (χ3v) is 4.22. The predicted molar refractivity (Wildman–Crippen MR) is 102 cm³/mol. The second-order valence-electron chi connectivity index (χ2n) is 5.95. The van der Waals surface area contributed by atoms with Crippen molar-refractivity contribution in [2.75, 3.05) is 20.2 Å². The highest BCUT2D eigenvalue weighted by Gasteiger charge is 2.13. The number of carbonyl (C=O) groups excluding carboxylic acids is 2. The Kier molecular flexibility index (Phi) is 7.48. The molecule has 0 unspecified atom stereocenters. The fourth-order valence-electron chi connectivity index (χ4n) is 2.48. The Labute approximate surface area is 158 Å². The van der Waals surface area contributed by atoms with Gasteiger partial charge < -0.3 is 15.0 Å². The molecule has 6 heteroatoms. The standard InChI is InChI=1S/C20H23ClN2O3/c1-15(24)23(11-10-16-4-3-5-18(21)12-16)14-20(25)22-13-17-6-8-19(26-2)9-7-17/h3-9,12H,10-11,13-14H2,1-2H3,(H,22,25). The second kappa shape index (κ2) is 9.82. The van der Waals surface area contributed by atoms with Gasteiger partial charge in [-0.3, -0.25) is 9.59 Å². The highest BCUT2D eigenvalue weighted by Crippen LogP contribution is 2.12. The third-order valence-electron chi connectivity index (χ3n) is 3.99. The Morgan fingerprint density at radius 2 is 1.85 bits per heavy atom. The van der Waals surface area contributed by atoms with Crippen molar-refractivity contribution >= 4 is 23.4 Å². The van der Waals surface area contributed by atoms with Crippen molar-refractivity contribution in [2.45, 2.75) is 19.9 Å². The van der Waals surface area contributed by atoms with Gasteiger partial charge in [0.15, 0.2) is 0 Å². The average Bonchev–Trinajstić information content (AvgIpc) is 2.63. The molecule has 2 aromatic rings. The van der Waals surface area contributed by atoms with Crippen molar-refractivity contribution in [3.8, 4) is 5.75 Å². The van der Waals surface area contributed by atoms with Crippen molar-refractivity contribution in [2.24, 2.45) is 0 Å². The molecular weight excluding hydrogens is 352 g/mol. The van der Waals surface area contributed by atoms with Gasteiger partial charge >= 0.3 is 0 Å². The summed E-state index contributed by atoms with van der Waals surface area (Å²) < 4.78 is 5.10. The normalized spacial score (nSPS) is 10.3. The lowest BCUT2D eigenvalue weighted by Crippen LogP contribution is -2.40. The van der Waals surface area contributed by atoms with Gasteiger partial charge in [-0.15, -0.1) is 0 Å². The lowest BCUT2D eigenvalue weighted by atomic mass is 10.1. The Bertz CT molecular complexity index is 747. The number of ether oxygens (including phenoxy) is 1. The summed E-state index contributed by atoms with van der Waals surface area (Å²) in [4.78, 5) is 25.5. The first-order chi connectivity index (χ1) is 12.5. The molecule has 2 amide bonds. The molecule has 1 N–H and O–H groups in total. The second-order valence-corrected chi connectivity index (χ2v) is 6.38. The van der Waals surface area contributed by atoms with Gasteiger partial charge in [0, 0.05) is 25.0 Å². The van der Waals surface area contributed by atoms with Crippen LogP contribution in [0.2, 0.25) is 5.02 Å². The lowest BCUT2D eigenvalue weighted by Gasteiger charge is -2.20. The molecule has 26 heavy (non-hydrogen) atoms. The number of nitrogens with zero attached hydrogens (tertiary/aromatic N) is 1. The van der Waals surface area contributed by atoms with E-state index in [1.54, 1.807) is 13.2 Å². The molecule has 0 aliphatic heterocycles. The summed E-state index contributed by atoms with van der Waals surface area (Å²) >= 11 is 5.97. The molecule has 0 atom stereocenters. The molecule has 0 spiro atoms. The zero-order valence-corrected chi connectivity index (χ0v) is 15.8. The highest BCUT2D eigenvalue weighted by atomic mass is 35.5. The molecule has 0 aliphatic rings. The Balaban J connectivity index is 1.83. The summed E-state index contributed by atoms with van der Waals surface area (Å²) in [6.45, 7) is 2.37. The lowest BCUT2D eigenvalue weighted by molar-refractivity contribution is -0.134. The molecular formula is C20H23ClN2O3. The van der Waals surface area contributed by atoms with Gasteiger partial charge in [0.25, 0.3) is 0 Å². The minimum Gasteiger partial charge on any atom is -0.497 e. The maximum Gasteiger partial charge on any atom is 0.239 e. The number of amides is 2. The van der Waals surface area contributed by atoms with Crippen LogP contribution < -0.4 is 10.1 Å². The Morgan fingerprint density at radius 3 is 2.46 bits per heavy atom. The maximum atomic E-state index is 12.2. The number of halogens is 1. The predicted octanol–water partition coefficient (Wildman–Crippen LogP) is 3.06. The SMILES string of the molecule is COc1ccc(CNC(=O)CN(CCc2cccc(Cl)c2)C(C)=O)cc1. The molecule has 0 heterocycles. The van der Waals surface area contributed by atoms with Crippen LogP contribution in [0.5, 0.6) is 5.75 Å². The minimum atomic E-state index is -0.192. The summed E-state index contributed by atoms with van der Waals surface area (Å²) in [6, 6.07) is 15.0. The van der Waals surface area contributed by atoms with Gasteiger partial charge in [-0.05, 0) is 41.8 Å². The van der Waals surface area contributed by atoms with Gasteiger partial charge in [0.1, 0.15) is 5.75 Å². The number of methoxy groups -OCH3 is 1. The summed E-state index contributed by atoms with van der Waals surface area (Å²) in [7, 11) is 1.61. The van der Waals surface area contributed by atoms with Crippen molar-refractivity contribution in [3.05, 3.63) is 64.7 Å². The monoisotopic (exact) mass is 374 g/mol. The topological polar surface area (TPSA) is 58.6 Å². The van der Waals surface area contributed by atoms with Gasteiger partial charge in [-0.25, -0.2) is 0 Å². The van der Waals surface area contributed by atoms with Crippen LogP contribution in [0.25, 0.3) is 0 Å². The van der Waals surface area contributed by atoms with E-state index >= 15 is 0 Å². The van der Waals surface area contributed by atoms with E-state index in [1.807, 2.05) is 42.5 Å². The summed E-state index contributed by atoms with van der Waals surface area (Å²) in [5, 5.41) is 3.50. The smallest absolute Gasteiger partial charge is 0.239 e. The van der Waals surface area contributed by atoms with Gasteiger partial charge in [0.05, 0.1) is 13.7 Å². The van der Waals surface area contributed by atoms with Crippen LogP contribution >= 0.6 is 11.6 Å². The molecule has 0 aromatic heterocycles. The van der Waals surface area contributed by atoms with Crippen LogP contribution in [0, 0.1) is 0 Å². The van der Waals surface area contributed by atoms with E-state index in [4.69, 9.17) is 16.3 Å². The van der Waals surface area contributed by atoms with Crippen LogP contribution in [0.15, 0.2) is 48.5 Å². The first-order valence-corrected chi connectivity index (χ1v) is 8.75. The van der Waals surface area contributed by atoms with Gasteiger partial charge in [-0.1, -0.05) is 35.9 Å². The number of hydrogen-bond donors (Lipinski definition) is 1. The highest BCUT2D eigenvalue weighted by molar-refractivity contribution is 6.30. The van der Waals surface area contributed by atoms with Crippen molar-refractivity contribution in [1.82, 2.24) is 10.2 Å². The zero-order chi connectivity index (χ0) is 18.9. The van der Waals surface area contributed by atoms with E-state index in [2.05, 4.69) is 5.32 Å². The van der Waals surface area contributed by atoms with E-state index in [0.29, 0.717) is 24.5 Å². The van der Waals surface area contributed by atoms with Gasteiger partial charge in [0.2, 0.25) is 11.8 Å². The minimum absolute atomic E-state index is 0.0338. The molecule has 0 saturated heterocycles. The molecule has 2 rings (SSSR count). The summed E-state index contributed by atoms with van der Waals surface area (Å²) in [5.74, 6) is 0.442. The van der Waals surface area contributed by atoms with Crippen molar-refractivity contribution in [1.29, 1.82) is 0 Å². The largest absolute Gasteiger partial charge is 0.497 e. The summed E-state index contributed by atoms with van der Waals surface area (Å²) in [6.07, 6.45) is 0.645. The number of hydrogen-bond acceptors (Lipinski definition) is 3. The van der Waals surface area contributed by atoms with Crippen LogP contribution in [0.3, 0.4) is 0 Å². The van der Waals surface area contributed by atoms with Crippen LogP contribution in [0.4, 0.5) is 0 Å². The molecule has 0 aliphatic carbocycles. The quantitative estimate of drug-likeness (QED) is 0.772.